The number of aliphatic hydroxyl groups excluding tert-OH is 1. The number of hydrogen-bond donors (Lipinski definition) is 2. The molecule has 2 unspecified atom stereocenters. The number of rotatable bonds is 14. The van der Waals surface area contributed by atoms with Crippen molar-refractivity contribution in [1.29, 1.82) is 0 Å². The van der Waals surface area contributed by atoms with Crippen LogP contribution in [0.2, 0.25) is 0 Å². The molecule has 2 rings (SSSR count). The molecule has 0 aliphatic heterocycles. The number of carbonyl (C=O) groups excluding carboxylic acids is 1. The zero-order valence-corrected chi connectivity index (χ0v) is 22.6. The summed E-state index contributed by atoms with van der Waals surface area (Å²) in [5.74, 6) is 1.04. The molecule has 37 heavy (non-hydrogen) atoms. The lowest BCUT2D eigenvalue weighted by molar-refractivity contribution is -0.150. The first-order valence-corrected chi connectivity index (χ1v) is 12.6. The highest BCUT2D eigenvalue weighted by atomic mass is 16.7. The molecule has 0 aliphatic rings. The third kappa shape index (κ3) is 9.96. The van der Waals surface area contributed by atoms with Crippen molar-refractivity contribution in [3.8, 4) is 11.5 Å². The van der Waals surface area contributed by atoms with Crippen molar-refractivity contribution in [2.45, 2.75) is 65.6 Å². The van der Waals surface area contributed by atoms with E-state index in [0.29, 0.717) is 18.1 Å². The summed E-state index contributed by atoms with van der Waals surface area (Å²) in [5.41, 5.74) is 1.90. The molecule has 0 spiro atoms. The van der Waals surface area contributed by atoms with Crippen LogP contribution in [0.4, 0.5) is 4.79 Å². The van der Waals surface area contributed by atoms with E-state index in [2.05, 4.69) is 13.8 Å². The first-order chi connectivity index (χ1) is 17.4. The molecule has 2 atom stereocenters. The third-order valence-corrected chi connectivity index (χ3v) is 6.19. The molecule has 2 aromatic rings. The van der Waals surface area contributed by atoms with Crippen LogP contribution in [0.15, 0.2) is 48.5 Å². The van der Waals surface area contributed by atoms with Crippen LogP contribution in [0.25, 0.3) is 0 Å². The summed E-state index contributed by atoms with van der Waals surface area (Å²) in [4.78, 5) is 22.4. The van der Waals surface area contributed by atoms with E-state index < -0.39 is 18.2 Å². The molecule has 0 fully saturated rings. The van der Waals surface area contributed by atoms with E-state index in [0.717, 1.165) is 11.1 Å². The van der Waals surface area contributed by atoms with Crippen LogP contribution >= 0.6 is 0 Å². The van der Waals surface area contributed by atoms with Crippen LogP contribution in [0.3, 0.4) is 0 Å². The molecule has 8 heteroatoms. The molecule has 8 nitrogen and oxygen atoms in total. The second kappa shape index (κ2) is 13.9. The summed E-state index contributed by atoms with van der Waals surface area (Å²) < 4.78 is 21.3. The van der Waals surface area contributed by atoms with Crippen LogP contribution in [0, 0.1) is 11.8 Å². The molecule has 0 saturated heterocycles. The molecule has 0 bridgehead atoms. The minimum atomic E-state index is -1.28. The molecule has 0 radical (unpaired) electrons. The van der Waals surface area contributed by atoms with E-state index in [1.165, 1.54) is 0 Å². The molecule has 0 amide bonds. The number of ether oxygens (including phenoxy) is 4. The Kier molecular flexibility index (Phi) is 11.2. The van der Waals surface area contributed by atoms with Gasteiger partial charge in [-0.1, -0.05) is 52.0 Å². The second-order valence-electron chi connectivity index (χ2n) is 10.3. The quantitative estimate of drug-likeness (QED) is 0.319. The Balaban J connectivity index is 1.94. The van der Waals surface area contributed by atoms with Gasteiger partial charge in [0.2, 0.25) is 0 Å². The van der Waals surface area contributed by atoms with Crippen molar-refractivity contribution in [2.75, 3.05) is 19.8 Å². The number of benzene rings is 2. The van der Waals surface area contributed by atoms with E-state index in [1.54, 1.807) is 13.8 Å². The molecule has 204 valence electrons. The van der Waals surface area contributed by atoms with Crippen LogP contribution < -0.4 is 9.47 Å². The Bertz CT molecular complexity index is 980. The summed E-state index contributed by atoms with van der Waals surface area (Å²) in [6.07, 6.45) is -2.55. The molecule has 2 aromatic carbocycles. The highest BCUT2D eigenvalue weighted by Crippen LogP contribution is 2.33. The van der Waals surface area contributed by atoms with Gasteiger partial charge >= 0.3 is 12.1 Å². The first-order valence-electron chi connectivity index (χ1n) is 12.6. The Morgan fingerprint density at radius 3 is 1.73 bits per heavy atom. The maximum atomic E-state index is 11.7. The van der Waals surface area contributed by atoms with Gasteiger partial charge in [-0.25, -0.2) is 4.79 Å². The van der Waals surface area contributed by atoms with Crippen LogP contribution in [0.1, 0.15) is 59.1 Å². The zero-order chi connectivity index (χ0) is 27.6. The predicted molar refractivity (Wildman–Crippen MR) is 140 cm³/mol. The Morgan fingerprint density at radius 2 is 1.30 bits per heavy atom. The van der Waals surface area contributed by atoms with E-state index in [9.17, 15) is 14.7 Å². The van der Waals surface area contributed by atoms with Crippen LogP contribution in [-0.2, 0) is 19.7 Å². The fraction of sp³-hybridized carbons (Fsp3) is 0.517. The van der Waals surface area contributed by atoms with Gasteiger partial charge in [-0.15, -0.1) is 0 Å². The van der Waals surface area contributed by atoms with Gasteiger partial charge in [0.1, 0.15) is 24.7 Å². The molecular weight excluding hydrogens is 476 g/mol. The van der Waals surface area contributed by atoms with Crippen molar-refractivity contribution in [3.05, 3.63) is 59.7 Å². The monoisotopic (exact) mass is 516 g/mol. The number of esters is 1. The van der Waals surface area contributed by atoms with Gasteiger partial charge < -0.3 is 29.2 Å². The van der Waals surface area contributed by atoms with Gasteiger partial charge in [0, 0.05) is 11.3 Å². The van der Waals surface area contributed by atoms with Gasteiger partial charge in [-0.3, -0.25) is 4.79 Å². The van der Waals surface area contributed by atoms with Crippen LogP contribution in [0.5, 0.6) is 11.5 Å². The zero-order valence-electron chi connectivity index (χ0n) is 22.6. The number of aliphatic hydroxyl groups is 1. The van der Waals surface area contributed by atoms with Crippen molar-refractivity contribution >= 4 is 12.1 Å². The summed E-state index contributed by atoms with van der Waals surface area (Å²) in [6.45, 7) is 12.2. The van der Waals surface area contributed by atoms with Gasteiger partial charge in [0.05, 0.1) is 25.2 Å². The smallest absolute Gasteiger partial charge is 0.493 e. The Labute approximate surface area is 219 Å². The average molecular weight is 517 g/mol. The lowest BCUT2D eigenvalue weighted by atomic mass is 9.78. The largest absolute Gasteiger partial charge is 0.505 e. The van der Waals surface area contributed by atoms with E-state index in [4.69, 9.17) is 24.1 Å². The fourth-order valence-electron chi connectivity index (χ4n) is 3.67. The summed E-state index contributed by atoms with van der Waals surface area (Å²) >= 11 is 0. The lowest BCUT2D eigenvalue weighted by Crippen LogP contribution is -2.24. The molecule has 0 heterocycles. The summed E-state index contributed by atoms with van der Waals surface area (Å²) in [6, 6.07) is 15.5. The maximum Gasteiger partial charge on any atom is 0.505 e. The van der Waals surface area contributed by atoms with Crippen molar-refractivity contribution in [1.82, 2.24) is 0 Å². The Morgan fingerprint density at radius 1 is 0.811 bits per heavy atom. The summed E-state index contributed by atoms with van der Waals surface area (Å²) in [7, 11) is 0. The van der Waals surface area contributed by atoms with Gasteiger partial charge in [-0.05, 0) is 55.2 Å². The second-order valence-corrected chi connectivity index (χ2v) is 10.3. The third-order valence-electron chi connectivity index (χ3n) is 6.19. The maximum absolute atomic E-state index is 11.7. The minimum absolute atomic E-state index is 0.00248. The fourth-order valence-corrected chi connectivity index (χ4v) is 3.67. The van der Waals surface area contributed by atoms with Gasteiger partial charge in [-0.2, -0.15) is 0 Å². The number of carboxylic acid groups (broad SMARTS) is 1. The summed E-state index contributed by atoms with van der Waals surface area (Å²) in [5, 5.41) is 18.8. The van der Waals surface area contributed by atoms with E-state index in [1.807, 2.05) is 62.4 Å². The predicted octanol–water partition coefficient (Wildman–Crippen LogP) is 5.44. The average Bonchev–Trinajstić information content (AvgIpc) is 2.82. The van der Waals surface area contributed by atoms with Crippen molar-refractivity contribution in [3.63, 3.8) is 0 Å². The highest BCUT2D eigenvalue weighted by molar-refractivity contribution is 5.70. The molecular formula is C29H40O8. The van der Waals surface area contributed by atoms with Crippen LogP contribution in [-0.4, -0.2) is 54.4 Å². The van der Waals surface area contributed by atoms with Crippen molar-refractivity contribution < 1.29 is 38.7 Å². The SMILES string of the molecule is CC(C)OC(=O)CC(O)COc1ccc(C(C)(C)c2ccc(OCC(COC(=O)O)C(C)C)cc2)cc1. The number of carbonyl (C=O) groups is 2. The van der Waals surface area contributed by atoms with Gasteiger partial charge in [0.15, 0.2) is 0 Å². The molecule has 0 saturated carbocycles. The van der Waals surface area contributed by atoms with Gasteiger partial charge in [0.25, 0.3) is 0 Å². The standard InChI is InChI=1S/C29H40O8/c1-19(2)21(17-36-28(32)33)16-34-25-11-7-22(8-12-25)29(5,6)23-9-13-26(14-10-23)35-18-24(30)15-27(31)37-20(3)4/h7-14,19-21,24,30H,15-18H2,1-6H3,(H,32,33). The molecule has 2 N–H and O–H groups in total. The minimum Gasteiger partial charge on any atom is -0.493 e. The lowest BCUT2D eigenvalue weighted by Gasteiger charge is -2.27. The first kappa shape index (κ1) is 30.0. The Hall–Kier alpha value is -3.26. The normalized spacial score (nSPS) is 13.2. The van der Waals surface area contributed by atoms with Crippen molar-refractivity contribution in [2.24, 2.45) is 11.8 Å². The number of hydrogen-bond acceptors (Lipinski definition) is 7. The van der Waals surface area contributed by atoms with E-state index >= 15 is 0 Å². The highest BCUT2D eigenvalue weighted by Gasteiger charge is 2.24. The molecule has 0 aliphatic carbocycles. The van der Waals surface area contributed by atoms with E-state index in [-0.39, 0.29) is 43.0 Å². The topological polar surface area (TPSA) is 112 Å². The molecule has 0 aromatic heterocycles.